The smallest absolute Gasteiger partial charge is 0.246 e. The fourth-order valence-corrected chi connectivity index (χ4v) is 3.31. The standard InChI is InChI=1S/C14H19N3O4S/c1-9-6-12(20-5)13(7-10(9)2)22(18,19)17(4)8-14-15-11(3)16-21-14/h6-7H,8H2,1-5H3. The maximum atomic E-state index is 12.7. The molecule has 0 amide bonds. The van der Waals surface area contributed by atoms with Crippen LogP contribution in [0.15, 0.2) is 21.6 Å². The van der Waals surface area contributed by atoms with Crippen LogP contribution in [0.1, 0.15) is 22.8 Å². The highest BCUT2D eigenvalue weighted by Gasteiger charge is 2.27. The molecule has 0 fully saturated rings. The van der Waals surface area contributed by atoms with E-state index in [0.29, 0.717) is 11.6 Å². The fourth-order valence-electron chi connectivity index (χ4n) is 1.97. The molecule has 2 aromatic rings. The molecular weight excluding hydrogens is 306 g/mol. The average molecular weight is 325 g/mol. The van der Waals surface area contributed by atoms with E-state index in [4.69, 9.17) is 9.26 Å². The molecule has 0 bridgehead atoms. The van der Waals surface area contributed by atoms with Crippen LogP contribution in [0.25, 0.3) is 0 Å². The van der Waals surface area contributed by atoms with Crippen LogP contribution in [0.2, 0.25) is 0 Å². The third-order valence-electron chi connectivity index (χ3n) is 3.40. The molecule has 22 heavy (non-hydrogen) atoms. The minimum Gasteiger partial charge on any atom is -0.495 e. The summed E-state index contributed by atoms with van der Waals surface area (Å²) in [7, 11) is -0.819. The average Bonchev–Trinajstić information content (AvgIpc) is 2.86. The van der Waals surface area contributed by atoms with E-state index in [0.717, 1.165) is 15.4 Å². The van der Waals surface area contributed by atoms with E-state index in [2.05, 4.69) is 10.1 Å². The Balaban J connectivity index is 2.39. The molecule has 8 heteroatoms. The van der Waals surface area contributed by atoms with Gasteiger partial charge in [0.2, 0.25) is 15.9 Å². The van der Waals surface area contributed by atoms with E-state index >= 15 is 0 Å². The molecule has 0 radical (unpaired) electrons. The molecule has 0 N–H and O–H groups in total. The second kappa shape index (κ2) is 6.05. The van der Waals surface area contributed by atoms with Crippen molar-refractivity contribution >= 4 is 10.0 Å². The van der Waals surface area contributed by atoms with Gasteiger partial charge in [0.25, 0.3) is 0 Å². The lowest BCUT2D eigenvalue weighted by atomic mass is 10.1. The lowest BCUT2D eigenvalue weighted by Gasteiger charge is -2.18. The van der Waals surface area contributed by atoms with Gasteiger partial charge in [-0.3, -0.25) is 0 Å². The minimum atomic E-state index is -3.73. The summed E-state index contributed by atoms with van der Waals surface area (Å²) in [6.07, 6.45) is 0. The van der Waals surface area contributed by atoms with E-state index in [1.54, 1.807) is 19.1 Å². The van der Waals surface area contributed by atoms with Crippen LogP contribution in [0.3, 0.4) is 0 Å². The maximum absolute atomic E-state index is 12.7. The van der Waals surface area contributed by atoms with Crippen molar-refractivity contribution in [2.45, 2.75) is 32.2 Å². The zero-order valence-electron chi connectivity index (χ0n) is 13.2. The van der Waals surface area contributed by atoms with Crippen LogP contribution >= 0.6 is 0 Å². The van der Waals surface area contributed by atoms with Crippen LogP contribution in [-0.2, 0) is 16.6 Å². The predicted molar refractivity (Wildman–Crippen MR) is 80.2 cm³/mol. The number of nitrogens with zero attached hydrogens (tertiary/aromatic N) is 3. The third-order valence-corrected chi connectivity index (χ3v) is 5.22. The molecule has 0 aliphatic rings. The quantitative estimate of drug-likeness (QED) is 0.833. The van der Waals surface area contributed by atoms with Crippen molar-refractivity contribution in [2.24, 2.45) is 0 Å². The number of sulfonamides is 1. The van der Waals surface area contributed by atoms with Gasteiger partial charge in [-0.15, -0.1) is 0 Å². The first kappa shape index (κ1) is 16.4. The summed E-state index contributed by atoms with van der Waals surface area (Å²) in [5.74, 6) is 1.02. The van der Waals surface area contributed by atoms with Gasteiger partial charge >= 0.3 is 0 Å². The zero-order valence-corrected chi connectivity index (χ0v) is 14.1. The summed E-state index contributed by atoms with van der Waals surface area (Å²) in [5, 5.41) is 3.65. The van der Waals surface area contributed by atoms with Crippen molar-refractivity contribution in [3.63, 3.8) is 0 Å². The number of rotatable bonds is 5. The Morgan fingerprint density at radius 3 is 2.41 bits per heavy atom. The van der Waals surface area contributed by atoms with Crippen molar-refractivity contribution in [1.29, 1.82) is 0 Å². The molecule has 1 aromatic carbocycles. The number of methoxy groups -OCH3 is 1. The number of hydrogen-bond donors (Lipinski definition) is 0. The van der Waals surface area contributed by atoms with Gasteiger partial charge in [0.15, 0.2) is 5.82 Å². The predicted octanol–water partition coefficient (Wildman–Crippen LogP) is 1.82. The Hall–Kier alpha value is -1.93. The Bertz CT molecular complexity index is 783. The molecule has 0 saturated heterocycles. The topological polar surface area (TPSA) is 85.5 Å². The van der Waals surface area contributed by atoms with E-state index in [-0.39, 0.29) is 17.3 Å². The molecule has 0 atom stereocenters. The van der Waals surface area contributed by atoms with E-state index < -0.39 is 10.0 Å². The van der Waals surface area contributed by atoms with Gasteiger partial charge in [0, 0.05) is 7.05 Å². The summed E-state index contributed by atoms with van der Waals surface area (Å²) in [6.45, 7) is 5.43. The first-order valence-electron chi connectivity index (χ1n) is 6.66. The summed E-state index contributed by atoms with van der Waals surface area (Å²) < 4.78 is 36.8. The van der Waals surface area contributed by atoms with Gasteiger partial charge in [0.1, 0.15) is 10.6 Å². The number of aryl methyl sites for hydroxylation is 3. The molecule has 0 unspecified atom stereocenters. The van der Waals surface area contributed by atoms with Crippen molar-refractivity contribution in [1.82, 2.24) is 14.4 Å². The summed E-state index contributed by atoms with van der Waals surface area (Å²) in [6, 6.07) is 3.33. The van der Waals surface area contributed by atoms with Gasteiger partial charge in [-0.2, -0.15) is 9.29 Å². The van der Waals surface area contributed by atoms with Crippen molar-refractivity contribution in [3.05, 3.63) is 35.0 Å². The van der Waals surface area contributed by atoms with Crippen molar-refractivity contribution < 1.29 is 17.7 Å². The molecule has 0 aliphatic heterocycles. The maximum Gasteiger partial charge on any atom is 0.246 e. The lowest BCUT2D eigenvalue weighted by molar-refractivity contribution is 0.333. The third kappa shape index (κ3) is 3.12. The van der Waals surface area contributed by atoms with Crippen LogP contribution in [-0.4, -0.2) is 37.0 Å². The van der Waals surface area contributed by atoms with Gasteiger partial charge in [-0.05, 0) is 44.0 Å². The Morgan fingerprint density at radius 1 is 1.23 bits per heavy atom. The normalized spacial score (nSPS) is 11.9. The highest BCUT2D eigenvalue weighted by molar-refractivity contribution is 7.89. The lowest BCUT2D eigenvalue weighted by Crippen LogP contribution is -2.27. The molecule has 120 valence electrons. The molecule has 7 nitrogen and oxygen atoms in total. The first-order valence-corrected chi connectivity index (χ1v) is 8.10. The second-order valence-electron chi connectivity index (χ2n) is 5.08. The van der Waals surface area contributed by atoms with E-state index in [1.165, 1.54) is 14.2 Å². The van der Waals surface area contributed by atoms with Crippen LogP contribution in [0.4, 0.5) is 0 Å². The second-order valence-corrected chi connectivity index (χ2v) is 7.10. The van der Waals surface area contributed by atoms with Gasteiger partial charge in [-0.25, -0.2) is 8.42 Å². The van der Waals surface area contributed by atoms with Crippen molar-refractivity contribution in [3.8, 4) is 5.75 Å². The Morgan fingerprint density at radius 2 is 1.86 bits per heavy atom. The van der Waals surface area contributed by atoms with Crippen molar-refractivity contribution in [2.75, 3.05) is 14.2 Å². The molecule has 1 aromatic heterocycles. The molecule has 1 heterocycles. The van der Waals surface area contributed by atoms with Crippen LogP contribution in [0, 0.1) is 20.8 Å². The zero-order chi connectivity index (χ0) is 16.5. The van der Waals surface area contributed by atoms with Gasteiger partial charge < -0.3 is 9.26 Å². The number of aromatic nitrogens is 2. The highest BCUT2D eigenvalue weighted by atomic mass is 32.2. The van der Waals surface area contributed by atoms with Crippen LogP contribution in [0.5, 0.6) is 5.75 Å². The number of hydrogen-bond acceptors (Lipinski definition) is 6. The Labute approximate surface area is 129 Å². The molecule has 0 spiro atoms. The SMILES string of the molecule is COc1cc(C)c(C)cc1S(=O)(=O)N(C)Cc1nc(C)no1. The van der Waals surface area contributed by atoms with Gasteiger partial charge in [0.05, 0.1) is 13.7 Å². The molecule has 2 rings (SSSR count). The highest BCUT2D eigenvalue weighted by Crippen LogP contribution is 2.29. The summed E-state index contributed by atoms with van der Waals surface area (Å²) >= 11 is 0. The fraction of sp³-hybridized carbons (Fsp3) is 0.429. The first-order chi connectivity index (χ1) is 10.3. The largest absolute Gasteiger partial charge is 0.495 e. The Kier molecular flexibility index (Phi) is 4.52. The van der Waals surface area contributed by atoms with E-state index in [9.17, 15) is 8.42 Å². The van der Waals surface area contributed by atoms with Crippen LogP contribution < -0.4 is 4.74 Å². The summed E-state index contributed by atoms with van der Waals surface area (Å²) in [5.41, 5.74) is 1.84. The summed E-state index contributed by atoms with van der Waals surface area (Å²) in [4.78, 5) is 4.14. The molecule has 0 aliphatic carbocycles. The minimum absolute atomic E-state index is 0.000742. The number of benzene rings is 1. The number of ether oxygens (including phenoxy) is 1. The monoisotopic (exact) mass is 325 g/mol. The van der Waals surface area contributed by atoms with E-state index in [1.807, 2.05) is 13.8 Å². The molecular formula is C14H19N3O4S. The van der Waals surface area contributed by atoms with Gasteiger partial charge in [-0.1, -0.05) is 5.16 Å². The molecule has 0 saturated carbocycles.